The van der Waals surface area contributed by atoms with Crippen molar-refractivity contribution in [1.82, 2.24) is 9.88 Å². The minimum absolute atomic E-state index is 0.560. The molecule has 0 fully saturated rings. The Labute approximate surface area is 97.9 Å². The van der Waals surface area contributed by atoms with Gasteiger partial charge < -0.3 is 16.0 Å². The second-order valence-electron chi connectivity index (χ2n) is 4.39. The van der Waals surface area contributed by atoms with E-state index in [1.807, 2.05) is 19.1 Å². The quantitative estimate of drug-likeness (QED) is 0.796. The summed E-state index contributed by atoms with van der Waals surface area (Å²) >= 11 is 0. The minimum Gasteiger partial charge on any atom is -0.396 e. The monoisotopic (exact) mass is 222 g/mol. The Kier molecular flexibility index (Phi) is 4.55. The number of hydrogen-bond donors (Lipinski definition) is 2. The molecule has 0 saturated carbocycles. The predicted octanol–water partition coefficient (Wildman–Crippen LogP) is 1.72. The number of nitrogens with zero attached hydrogens (tertiary/aromatic N) is 2. The topological polar surface area (TPSA) is 54.2 Å². The van der Waals surface area contributed by atoms with Crippen molar-refractivity contribution in [3.63, 3.8) is 0 Å². The van der Waals surface area contributed by atoms with Crippen LogP contribution in [0.2, 0.25) is 0 Å². The van der Waals surface area contributed by atoms with Gasteiger partial charge in [-0.2, -0.15) is 0 Å². The molecule has 4 nitrogen and oxygen atoms in total. The van der Waals surface area contributed by atoms with Crippen LogP contribution in [0.5, 0.6) is 0 Å². The molecule has 1 aromatic rings. The molecule has 0 unspecified atom stereocenters. The lowest BCUT2D eigenvalue weighted by Crippen LogP contribution is -2.31. The molecule has 0 spiro atoms. The van der Waals surface area contributed by atoms with Gasteiger partial charge in [0.1, 0.15) is 5.82 Å². The first-order valence-electron chi connectivity index (χ1n) is 5.68. The molecule has 0 aliphatic rings. The van der Waals surface area contributed by atoms with E-state index in [2.05, 4.69) is 36.1 Å². The highest BCUT2D eigenvalue weighted by molar-refractivity contribution is 5.61. The summed E-state index contributed by atoms with van der Waals surface area (Å²) in [6.45, 7) is 8.16. The van der Waals surface area contributed by atoms with Crippen molar-refractivity contribution in [1.29, 1.82) is 0 Å². The molecular formula is C12H22N4. The maximum atomic E-state index is 5.83. The van der Waals surface area contributed by atoms with Crippen LogP contribution in [0.15, 0.2) is 12.1 Å². The lowest BCUT2D eigenvalue weighted by atomic mass is 10.3. The zero-order valence-electron chi connectivity index (χ0n) is 10.6. The molecule has 4 heteroatoms. The highest BCUT2D eigenvalue weighted by Crippen LogP contribution is 2.14. The first-order valence-corrected chi connectivity index (χ1v) is 5.68. The molecule has 0 aliphatic heterocycles. The van der Waals surface area contributed by atoms with Crippen molar-refractivity contribution in [3.05, 3.63) is 17.8 Å². The molecule has 0 atom stereocenters. The molecule has 0 aromatic carbocycles. The molecule has 0 bridgehead atoms. The summed E-state index contributed by atoms with van der Waals surface area (Å²) in [5, 5.41) is 3.26. The van der Waals surface area contributed by atoms with E-state index in [9.17, 15) is 0 Å². The van der Waals surface area contributed by atoms with Crippen LogP contribution in [0.25, 0.3) is 0 Å². The molecule has 0 saturated heterocycles. The van der Waals surface area contributed by atoms with Crippen molar-refractivity contribution < 1.29 is 0 Å². The van der Waals surface area contributed by atoms with Crippen molar-refractivity contribution in [2.75, 3.05) is 31.2 Å². The predicted molar refractivity (Wildman–Crippen MR) is 69.6 cm³/mol. The van der Waals surface area contributed by atoms with Crippen LogP contribution in [0.3, 0.4) is 0 Å². The second kappa shape index (κ2) is 5.70. The third kappa shape index (κ3) is 3.70. The Morgan fingerprint density at radius 2 is 2.12 bits per heavy atom. The Morgan fingerprint density at radius 3 is 2.75 bits per heavy atom. The van der Waals surface area contributed by atoms with Gasteiger partial charge in [0.25, 0.3) is 0 Å². The smallest absolute Gasteiger partial charge is 0.149 e. The molecule has 0 radical (unpaired) electrons. The second-order valence-corrected chi connectivity index (χ2v) is 4.39. The van der Waals surface area contributed by atoms with E-state index in [1.165, 1.54) is 0 Å². The van der Waals surface area contributed by atoms with E-state index in [1.54, 1.807) is 0 Å². The Hall–Kier alpha value is -1.29. The number of likely N-dealkylation sites (N-methyl/N-ethyl adjacent to an activating group) is 1. The maximum Gasteiger partial charge on any atom is 0.149 e. The van der Waals surface area contributed by atoms with Crippen LogP contribution in [0, 0.1) is 6.92 Å². The fraction of sp³-hybridized carbons (Fsp3) is 0.583. The van der Waals surface area contributed by atoms with Crippen molar-refractivity contribution in [2.24, 2.45) is 0 Å². The number of nitrogens with one attached hydrogen (secondary N) is 1. The van der Waals surface area contributed by atoms with Crippen molar-refractivity contribution >= 4 is 11.5 Å². The van der Waals surface area contributed by atoms with Gasteiger partial charge >= 0.3 is 0 Å². The van der Waals surface area contributed by atoms with Gasteiger partial charge in [-0.05, 0) is 40.0 Å². The van der Waals surface area contributed by atoms with Gasteiger partial charge in [-0.1, -0.05) is 0 Å². The highest BCUT2D eigenvalue weighted by atomic mass is 15.1. The third-order valence-electron chi connectivity index (χ3n) is 2.70. The summed E-state index contributed by atoms with van der Waals surface area (Å²) in [6, 6.07) is 4.36. The van der Waals surface area contributed by atoms with E-state index in [0.29, 0.717) is 11.7 Å². The van der Waals surface area contributed by atoms with Gasteiger partial charge in [-0.3, -0.25) is 0 Å². The fourth-order valence-corrected chi connectivity index (χ4v) is 1.32. The van der Waals surface area contributed by atoms with E-state index in [-0.39, 0.29) is 0 Å². The van der Waals surface area contributed by atoms with E-state index in [0.717, 1.165) is 24.6 Å². The minimum atomic E-state index is 0.560. The lowest BCUT2D eigenvalue weighted by molar-refractivity contribution is 0.284. The van der Waals surface area contributed by atoms with Gasteiger partial charge in [0.2, 0.25) is 0 Å². The molecule has 16 heavy (non-hydrogen) atoms. The first-order chi connectivity index (χ1) is 7.50. The van der Waals surface area contributed by atoms with Gasteiger partial charge in [0, 0.05) is 24.8 Å². The van der Waals surface area contributed by atoms with Crippen molar-refractivity contribution in [3.8, 4) is 0 Å². The van der Waals surface area contributed by atoms with Gasteiger partial charge in [0.15, 0.2) is 0 Å². The number of nitrogens with two attached hydrogens (primary N) is 1. The van der Waals surface area contributed by atoms with Gasteiger partial charge in [-0.15, -0.1) is 0 Å². The van der Waals surface area contributed by atoms with Gasteiger partial charge in [0.05, 0.1) is 5.69 Å². The van der Waals surface area contributed by atoms with Crippen LogP contribution in [0.4, 0.5) is 11.5 Å². The Balaban J connectivity index is 2.45. The van der Waals surface area contributed by atoms with Crippen LogP contribution >= 0.6 is 0 Å². The number of hydrogen-bond acceptors (Lipinski definition) is 4. The standard InChI is InChI=1S/C12H22N4/c1-9(2)16(4)8-7-14-12-11(13)6-5-10(3)15-12/h5-6,9H,7-8,13H2,1-4H3,(H,14,15). The molecule has 3 N–H and O–H groups in total. The SMILES string of the molecule is Cc1ccc(N)c(NCCN(C)C(C)C)n1. The number of rotatable bonds is 5. The summed E-state index contributed by atoms with van der Waals surface area (Å²) < 4.78 is 0. The largest absolute Gasteiger partial charge is 0.396 e. The summed E-state index contributed by atoms with van der Waals surface area (Å²) in [5.74, 6) is 0.789. The molecule has 0 amide bonds. The Morgan fingerprint density at radius 1 is 1.44 bits per heavy atom. The molecule has 90 valence electrons. The molecule has 1 rings (SSSR count). The maximum absolute atomic E-state index is 5.83. The zero-order valence-corrected chi connectivity index (χ0v) is 10.6. The average molecular weight is 222 g/mol. The number of aromatic nitrogens is 1. The van der Waals surface area contributed by atoms with E-state index in [4.69, 9.17) is 5.73 Å². The first kappa shape index (κ1) is 12.8. The molecule has 1 heterocycles. The summed E-state index contributed by atoms with van der Waals surface area (Å²) in [6.07, 6.45) is 0. The van der Waals surface area contributed by atoms with Gasteiger partial charge in [-0.25, -0.2) is 4.98 Å². The molecule has 0 aliphatic carbocycles. The number of pyridine rings is 1. The fourth-order valence-electron chi connectivity index (χ4n) is 1.32. The number of aryl methyl sites for hydroxylation is 1. The van der Waals surface area contributed by atoms with E-state index < -0.39 is 0 Å². The van der Waals surface area contributed by atoms with E-state index >= 15 is 0 Å². The summed E-state index contributed by atoms with van der Waals surface area (Å²) in [4.78, 5) is 6.64. The van der Waals surface area contributed by atoms with Crippen LogP contribution in [0.1, 0.15) is 19.5 Å². The van der Waals surface area contributed by atoms with Crippen LogP contribution in [-0.2, 0) is 0 Å². The zero-order chi connectivity index (χ0) is 12.1. The summed E-state index contributed by atoms with van der Waals surface area (Å²) in [5.41, 5.74) is 7.51. The Bertz CT molecular complexity index is 336. The third-order valence-corrected chi connectivity index (χ3v) is 2.70. The highest BCUT2D eigenvalue weighted by Gasteiger charge is 2.04. The average Bonchev–Trinajstić information content (AvgIpc) is 2.22. The van der Waals surface area contributed by atoms with Crippen LogP contribution < -0.4 is 11.1 Å². The molecule has 1 aromatic heterocycles. The normalized spacial score (nSPS) is 11.1. The lowest BCUT2D eigenvalue weighted by Gasteiger charge is -2.21. The summed E-state index contributed by atoms with van der Waals surface area (Å²) in [7, 11) is 2.11. The molecular weight excluding hydrogens is 200 g/mol. The number of anilines is 2. The number of nitrogen functional groups attached to an aromatic ring is 1. The van der Waals surface area contributed by atoms with Crippen LogP contribution in [-0.4, -0.2) is 36.1 Å². The van der Waals surface area contributed by atoms with Crippen molar-refractivity contribution in [2.45, 2.75) is 26.8 Å².